The standard InChI is InChI=1S/C21H20BrFN2O4S/c1-21(2)15-18(28-3)13-6-5-9-24-17(13)16(22)19(15)29-20(21)12-8-7-11(10-14(12)23)25-30(4,26)27/h5-10,20,25H,1-4H3. The van der Waals surface area contributed by atoms with Crippen molar-refractivity contribution in [2.45, 2.75) is 25.4 Å². The number of nitrogens with one attached hydrogen (secondary N) is 1. The smallest absolute Gasteiger partial charge is 0.229 e. The molecule has 0 radical (unpaired) electrons. The van der Waals surface area contributed by atoms with Crippen molar-refractivity contribution in [3.8, 4) is 11.5 Å². The summed E-state index contributed by atoms with van der Waals surface area (Å²) in [6, 6.07) is 7.97. The molecular weight excluding hydrogens is 475 g/mol. The zero-order valence-corrected chi connectivity index (χ0v) is 19.2. The Morgan fingerprint density at radius 2 is 2.03 bits per heavy atom. The number of aromatic nitrogens is 1. The number of sulfonamides is 1. The van der Waals surface area contributed by atoms with E-state index in [1.807, 2.05) is 26.0 Å². The Balaban J connectivity index is 1.86. The van der Waals surface area contributed by atoms with Gasteiger partial charge in [-0.2, -0.15) is 0 Å². The van der Waals surface area contributed by atoms with Crippen LogP contribution in [0.25, 0.3) is 10.9 Å². The van der Waals surface area contributed by atoms with E-state index in [1.165, 1.54) is 6.07 Å². The molecule has 1 aromatic heterocycles. The average molecular weight is 495 g/mol. The summed E-state index contributed by atoms with van der Waals surface area (Å²) in [5.74, 6) is 0.637. The van der Waals surface area contributed by atoms with E-state index in [-0.39, 0.29) is 5.69 Å². The third-order valence-corrected chi connectivity index (χ3v) is 6.58. The van der Waals surface area contributed by atoms with Crippen molar-refractivity contribution in [3.05, 3.63) is 57.9 Å². The van der Waals surface area contributed by atoms with Crippen molar-refractivity contribution < 1.29 is 22.3 Å². The van der Waals surface area contributed by atoms with Gasteiger partial charge < -0.3 is 9.47 Å². The van der Waals surface area contributed by atoms with E-state index in [0.717, 1.165) is 23.3 Å². The number of nitrogens with zero attached hydrogens (tertiary/aromatic N) is 1. The molecule has 1 N–H and O–H groups in total. The molecule has 2 aromatic carbocycles. The van der Waals surface area contributed by atoms with Gasteiger partial charge in [0.1, 0.15) is 23.4 Å². The molecule has 2 heterocycles. The monoisotopic (exact) mass is 494 g/mol. The second-order valence-electron chi connectivity index (χ2n) is 7.78. The van der Waals surface area contributed by atoms with Crippen LogP contribution in [0.1, 0.15) is 31.1 Å². The van der Waals surface area contributed by atoms with Gasteiger partial charge in [0.15, 0.2) is 0 Å². The minimum absolute atomic E-state index is 0.153. The molecule has 0 spiro atoms. The Labute approximate surface area is 182 Å². The SMILES string of the molecule is COc1c2c(c(Br)c3ncccc13)OC(c1ccc(NS(C)(=O)=O)cc1F)C2(C)C. The number of ether oxygens (including phenoxy) is 2. The highest BCUT2D eigenvalue weighted by molar-refractivity contribution is 9.10. The molecule has 30 heavy (non-hydrogen) atoms. The molecule has 1 aliphatic heterocycles. The molecule has 4 rings (SSSR count). The van der Waals surface area contributed by atoms with Crippen LogP contribution in [0.4, 0.5) is 10.1 Å². The van der Waals surface area contributed by atoms with E-state index in [0.29, 0.717) is 27.1 Å². The van der Waals surface area contributed by atoms with Crippen LogP contribution in [0.5, 0.6) is 11.5 Å². The second-order valence-corrected chi connectivity index (χ2v) is 10.3. The van der Waals surface area contributed by atoms with Crippen molar-refractivity contribution in [2.75, 3.05) is 18.1 Å². The Bertz CT molecular complexity index is 1280. The number of fused-ring (bicyclic) bond motifs is 2. The fourth-order valence-corrected chi connectivity index (χ4v) is 5.16. The van der Waals surface area contributed by atoms with Crippen LogP contribution in [-0.2, 0) is 15.4 Å². The molecule has 6 nitrogen and oxygen atoms in total. The van der Waals surface area contributed by atoms with E-state index in [1.54, 1.807) is 19.4 Å². The Kier molecular flexibility index (Phi) is 4.93. The number of rotatable bonds is 4. The lowest BCUT2D eigenvalue weighted by atomic mass is 9.77. The average Bonchev–Trinajstić information content (AvgIpc) is 2.93. The van der Waals surface area contributed by atoms with E-state index >= 15 is 4.39 Å². The Hall–Kier alpha value is -2.39. The van der Waals surface area contributed by atoms with Crippen molar-refractivity contribution in [3.63, 3.8) is 0 Å². The summed E-state index contributed by atoms with van der Waals surface area (Å²) in [6.07, 6.45) is 2.05. The van der Waals surface area contributed by atoms with Crippen LogP contribution in [0.2, 0.25) is 0 Å². The summed E-state index contributed by atoms with van der Waals surface area (Å²) in [4.78, 5) is 4.43. The maximum Gasteiger partial charge on any atom is 0.229 e. The highest BCUT2D eigenvalue weighted by atomic mass is 79.9. The van der Waals surface area contributed by atoms with Gasteiger partial charge in [0, 0.05) is 28.1 Å². The zero-order chi connectivity index (χ0) is 21.8. The largest absolute Gasteiger partial charge is 0.496 e. The predicted octanol–water partition coefficient (Wildman–Crippen LogP) is 4.93. The minimum atomic E-state index is -3.51. The molecule has 9 heteroatoms. The van der Waals surface area contributed by atoms with Gasteiger partial charge in [0.2, 0.25) is 10.0 Å². The molecule has 1 atom stereocenters. The van der Waals surface area contributed by atoms with Gasteiger partial charge in [0.25, 0.3) is 0 Å². The molecular formula is C21H20BrFN2O4S. The number of benzene rings is 2. The van der Waals surface area contributed by atoms with Crippen molar-refractivity contribution in [1.82, 2.24) is 4.98 Å². The van der Waals surface area contributed by atoms with Crippen molar-refractivity contribution >= 4 is 42.5 Å². The van der Waals surface area contributed by atoms with Crippen molar-refractivity contribution in [1.29, 1.82) is 0 Å². The highest BCUT2D eigenvalue weighted by Gasteiger charge is 2.47. The first-order valence-corrected chi connectivity index (χ1v) is 11.8. The molecule has 0 saturated heterocycles. The summed E-state index contributed by atoms with van der Waals surface area (Å²) in [6.45, 7) is 3.92. The Morgan fingerprint density at radius 3 is 2.67 bits per heavy atom. The maximum absolute atomic E-state index is 15.0. The van der Waals surface area contributed by atoms with Crippen LogP contribution in [0.3, 0.4) is 0 Å². The van der Waals surface area contributed by atoms with Gasteiger partial charge in [-0.05, 0) is 40.2 Å². The molecule has 1 unspecified atom stereocenters. The number of pyridine rings is 1. The van der Waals surface area contributed by atoms with Gasteiger partial charge in [-0.1, -0.05) is 19.9 Å². The van der Waals surface area contributed by atoms with Gasteiger partial charge >= 0.3 is 0 Å². The van der Waals surface area contributed by atoms with Crippen LogP contribution in [0.15, 0.2) is 41.0 Å². The number of methoxy groups -OCH3 is 1. The van der Waals surface area contributed by atoms with E-state index < -0.39 is 27.4 Å². The minimum Gasteiger partial charge on any atom is -0.496 e. The van der Waals surface area contributed by atoms with Gasteiger partial charge in [-0.25, -0.2) is 12.8 Å². The first-order valence-electron chi connectivity index (χ1n) is 9.13. The lowest BCUT2D eigenvalue weighted by molar-refractivity contribution is 0.162. The highest BCUT2D eigenvalue weighted by Crippen LogP contribution is 2.58. The number of halogens is 2. The molecule has 0 bridgehead atoms. The normalized spacial score (nSPS) is 17.5. The second kappa shape index (κ2) is 7.09. The zero-order valence-electron chi connectivity index (χ0n) is 16.8. The number of anilines is 1. The van der Waals surface area contributed by atoms with E-state index in [2.05, 4.69) is 25.6 Å². The van der Waals surface area contributed by atoms with Crippen LogP contribution < -0.4 is 14.2 Å². The fourth-order valence-electron chi connectivity index (χ4n) is 3.99. The van der Waals surface area contributed by atoms with E-state index in [4.69, 9.17) is 9.47 Å². The lowest BCUT2D eigenvalue weighted by Crippen LogP contribution is -2.26. The quantitative estimate of drug-likeness (QED) is 0.556. The molecule has 0 saturated carbocycles. The van der Waals surface area contributed by atoms with Gasteiger partial charge in [-0.3, -0.25) is 9.71 Å². The first kappa shape index (κ1) is 20.9. The van der Waals surface area contributed by atoms with Gasteiger partial charge in [0.05, 0.1) is 29.0 Å². The summed E-state index contributed by atoms with van der Waals surface area (Å²) in [5.41, 5.74) is 1.35. The van der Waals surface area contributed by atoms with E-state index in [9.17, 15) is 8.42 Å². The fraction of sp³-hybridized carbons (Fsp3) is 0.286. The molecule has 0 amide bonds. The molecule has 158 valence electrons. The summed E-state index contributed by atoms with van der Waals surface area (Å²) >= 11 is 3.60. The third-order valence-electron chi connectivity index (χ3n) is 5.24. The number of hydrogen-bond donors (Lipinski definition) is 1. The Morgan fingerprint density at radius 1 is 1.30 bits per heavy atom. The van der Waals surface area contributed by atoms with Crippen LogP contribution >= 0.6 is 15.9 Å². The topological polar surface area (TPSA) is 77.5 Å². The maximum atomic E-state index is 15.0. The first-order chi connectivity index (χ1) is 14.0. The van der Waals surface area contributed by atoms with Crippen molar-refractivity contribution in [2.24, 2.45) is 0 Å². The van der Waals surface area contributed by atoms with Gasteiger partial charge in [-0.15, -0.1) is 0 Å². The molecule has 1 aliphatic rings. The number of hydrogen-bond acceptors (Lipinski definition) is 5. The predicted molar refractivity (Wildman–Crippen MR) is 117 cm³/mol. The summed E-state index contributed by atoms with van der Waals surface area (Å²) in [7, 11) is -1.92. The van der Waals surface area contributed by atoms with Crippen LogP contribution in [0, 0.1) is 5.82 Å². The summed E-state index contributed by atoms with van der Waals surface area (Å²) < 4.78 is 52.9. The van der Waals surface area contributed by atoms with Crippen LogP contribution in [-0.4, -0.2) is 26.8 Å². The third kappa shape index (κ3) is 3.30. The molecule has 3 aromatic rings. The molecule has 0 aliphatic carbocycles. The lowest BCUT2D eigenvalue weighted by Gasteiger charge is -2.27. The summed E-state index contributed by atoms with van der Waals surface area (Å²) in [5, 5.41) is 0.830. The molecule has 0 fully saturated rings.